The van der Waals surface area contributed by atoms with Crippen molar-refractivity contribution >= 4 is 0 Å². The van der Waals surface area contributed by atoms with E-state index in [9.17, 15) is 0 Å². The molecule has 1 saturated carbocycles. The standard InChI is InChI=1S/C10H19NO2/c1-2-4-9(3-1)11-6-5-10-12-7-8-13-10/h9-11H,1-8H2. The first kappa shape index (κ1) is 9.44. The van der Waals surface area contributed by atoms with Gasteiger partial charge in [0.05, 0.1) is 13.2 Å². The molecule has 1 aliphatic carbocycles. The molecule has 0 aromatic rings. The first-order valence-electron chi connectivity index (χ1n) is 5.42. The summed E-state index contributed by atoms with van der Waals surface area (Å²) in [5.74, 6) is 0. The van der Waals surface area contributed by atoms with E-state index >= 15 is 0 Å². The lowest BCUT2D eigenvalue weighted by molar-refractivity contribution is -0.0462. The van der Waals surface area contributed by atoms with Gasteiger partial charge in [-0.3, -0.25) is 0 Å². The number of nitrogens with one attached hydrogen (secondary N) is 1. The normalized spacial score (nSPS) is 25.8. The molecule has 0 aromatic heterocycles. The van der Waals surface area contributed by atoms with Gasteiger partial charge >= 0.3 is 0 Å². The van der Waals surface area contributed by atoms with Crippen LogP contribution in [0.5, 0.6) is 0 Å². The Bertz CT molecular complexity index is 124. The fraction of sp³-hybridized carbons (Fsp3) is 1.00. The Morgan fingerprint density at radius 3 is 2.46 bits per heavy atom. The third-order valence-electron chi connectivity index (χ3n) is 2.86. The second-order valence-corrected chi connectivity index (χ2v) is 3.90. The maximum atomic E-state index is 5.36. The fourth-order valence-corrected chi connectivity index (χ4v) is 2.11. The molecule has 0 radical (unpaired) electrons. The molecule has 2 fully saturated rings. The summed E-state index contributed by atoms with van der Waals surface area (Å²) < 4.78 is 10.7. The van der Waals surface area contributed by atoms with Crippen molar-refractivity contribution in [3.63, 3.8) is 0 Å². The Morgan fingerprint density at radius 1 is 1.08 bits per heavy atom. The minimum Gasteiger partial charge on any atom is -0.350 e. The molecular formula is C10H19NO2. The predicted octanol–water partition coefficient (Wildman–Crippen LogP) is 1.28. The Balaban J connectivity index is 1.52. The van der Waals surface area contributed by atoms with E-state index in [2.05, 4.69) is 5.32 Å². The van der Waals surface area contributed by atoms with Crippen molar-refractivity contribution in [3.05, 3.63) is 0 Å². The zero-order chi connectivity index (χ0) is 8.93. The summed E-state index contributed by atoms with van der Waals surface area (Å²) in [6.07, 6.45) is 6.56. The van der Waals surface area contributed by atoms with Crippen LogP contribution in [-0.4, -0.2) is 32.1 Å². The molecule has 0 aromatic carbocycles. The van der Waals surface area contributed by atoms with Crippen molar-refractivity contribution in [2.24, 2.45) is 0 Å². The van der Waals surface area contributed by atoms with Crippen LogP contribution in [0, 0.1) is 0 Å². The van der Waals surface area contributed by atoms with Crippen LogP contribution in [0.4, 0.5) is 0 Å². The summed E-state index contributed by atoms with van der Waals surface area (Å²) in [4.78, 5) is 0. The van der Waals surface area contributed by atoms with Crippen LogP contribution in [0.15, 0.2) is 0 Å². The molecule has 76 valence electrons. The van der Waals surface area contributed by atoms with Gasteiger partial charge in [0.25, 0.3) is 0 Å². The van der Waals surface area contributed by atoms with Crippen molar-refractivity contribution in [2.75, 3.05) is 19.8 Å². The predicted molar refractivity (Wildman–Crippen MR) is 50.6 cm³/mol. The smallest absolute Gasteiger partial charge is 0.159 e. The van der Waals surface area contributed by atoms with Gasteiger partial charge in [-0.15, -0.1) is 0 Å². The van der Waals surface area contributed by atoms with E-state index in [1.54, 1.807) is 0 Å². The van der Waals surface area contributed by atoms with Crippen LogP contribution in [0.2, 0.25) is 0 Å². The molecule has 0 amide bonds. The third kappa shape index (κ3) is 2.93. The summed E-state index contributed by atoms with van der Waals surface area (Å²) in [7, 11) is 0. The van der Waals surface area contributed by atoms with Gasteiger partial charge in [0.15, 0.2) is 6.29 Å². The van der Waals surface area contributed by atoms with Crippen LogP contribution < -0.4 is 5.32 Å². The molecule has 0 spiro atoms. The molecule has 1 saturated heterocycles. The van der Waals surface area contributed by atoms with Gasteiger partial charge in [0.2, 0.25) is 0 Å². The summed E-state index contributed by atoms with van der Waals surface area (Å²) >= 11 is 0. The van der Waals surface area contributed by atoms with Crippen molar-refractivity contribution in [1.82, 2.24) is 5.32 Å². The molecule has 2 aliphatic rings. The highest BCUT2D eigenvalue weighted by atomic mass is 16.7. The first-order chi connectivity index (χ1) is 6.45. The van der Waals surface area contributed by atoms with Crippen LogP contribution in [0.3, 0.4) is 0 Å². The van der Waals surface area contributed by atoms with Crippen molar-refractivity contribution in [3.8, 4) is 0 Å². The molecular weight excluding hydrogens is 166 g/mol. The van der Waals surface area contributed by atoms with E-state index in [0.717, 1.165) is 32.2 Å². The van der Waals surface area contributed by atoms with Crippen molar-refractivity contribution in [2.45, 2.75) is 44.4 Å². The average molecular weight is 185 g/mol. The Labute approximate surface area is 79.8 Å². The maximum absolute atomic E-state index is 5.36. The Morgan fingerprint density at radius 2 is 1.77 bits per heavy atom. The number of rotatable bonds is 4. The minimum atomic E-state index is 0.0638. The van der Waals surface area contributed by atoms with E-state index in [0.29, 0.717) is 0 Å². The quantitative estimate of drug-likeness (QED) is 0.715. The zero-order valence-electron chi connectivity index (χ0n) is 8.13. The second-order valence-electron chi connectivity index (χ2n) is 3.90. The van der Waals surface area contributed by atoms with E-state index in [-0.39, 0.29) is 6.29 Å². The zero-order valence-corrected chi connectivity index (χ0v) is 8.13. The van der Waals surface area contributed by atoms with Gasteiger partial charge in [-0.25, -0.2) is 0 Å². The number of hydrogen-bond donors (Lipinski definition) is 1. The van der Waals surface area contributed by atoms with E-state index in [1.165, 1.54) is 25.7 Å². The van der Waals surface area contributed by atoms with Crippen LogP contribution in [-0.2, 0) is 9.47 Å². The molecule has 0 bridgehead atoms. The topological polar surface area (TPSA) is 30.5 Å². The number of ether oxygens (including phenoxy) is 2. The highest BCUT2D eigenvalue weighted by Gasteiger charge is 2.17. The molecule has 2 rings (SSSR count). The van der Waals surface area contributed by atoms with Crippen molar-refractivity contribution in [1.29, 1.82) is 0 Å². The lowest BCUT2D eigenvalue weighted by Crippen LogP contribution is -2.29. The second kappa shape index (κ2) is 4.94. The van der Waals surface area contributed by atoms with Gasteiger partial charge in [0, 0.05) is 19.0 Å². The van der Waals surface area contributed by atoms with E-state index in [4.69, 9.17) is 9.47 Å². The fourth-order valence-electron chi connectivity index (χ4n) is 2.11. The average Bonchev–Trinajstić information content (AvgIpc) is 2.75. The lowest BCUT2D eigenvalue weighted by atomic mass is 10.2. The van der Waals surface area contributed by atoms with E-state index < -0.39 is 0 Å². The molecule has 13 heavy (non-hydrogen) atoms. The van der Waals surface area contributed by atoms with E-state index in [1.807, 2.05) is 0 Å². The van der Waals surface area contributed by atoms with Crippen LogP contribution >= 0.6 is 0 Å². The molecule has 3 nitrogen and oxygen atoms in total. The molecule has 1 aliphatic heterocycles. The molecule has 0 unspecified atom stereocenters. The highest BCUT2D eigenvalue weighted by Crippen LogP contribution is 2.17. The SMILES string of the molecule is C1CCC(NCCC2OCCO2)C1. The summed E-state index contributed by atoms with van der Waals surface area (Å²) in [5, 5.41) is 3.55. The summed E-state index contributed by atoms with van der Waals surface area (Å²) in [5.41, 5.74) is 0. The molecule has 3 heteroatoms. The van der Waals surface area contributed by atoms with Gasteiger partial charge in [-0.1, -0.05) is 12.8 Å². The minimum absolute atomic E-state index is 0.0638. The van der Waals surface area contributed by atoms with Gasteiger partial charge in [-0.2, -0.15) is 0 Å². The highest BCUT2D eigenvalue weighted by molar-refractivity contribution is 4.73. The largest absolute Gasteiger partial charge is 0.350 e. The maximum Gasteiger partial charge on any atom is 0.159 e. The summed E-state index contributed by atoms with van der Waals surface area (Å²) in [6, 6.07) is 0.765. The van der Waals surface area contributed by atoms with Crippen LogP contribution in [0.1, 0.15) is 32.1 Å². The molecule has 0 atom stereocenters. The monoisotopic (exact) mass is 185 g/mol. The third-order valence-corrected chi connectivity index (χ3v) is 2.86. The lowest BCUT2D eigenvalue weighted by Gasteiger charge is -2.13. The van der Waals surface area contributed by atoms with Gasteiger partial charge in [0.1, 0.15) is 0 Å². The first-order valence-corrected chi connectivity index (χ1v) is 5.42. The van der Waals surface area contributed by atoms with Gasteiger partial charge < -0.3 is 14.8 Å². The molecule has 1 heterocycles. The Kier molecular flexibility index (Phi) is 3.58. The van der Waals surface area contributed by atoms with Gasteiger partial charge in [-0.05, 0) is 12.8 Å². The molecule has 1 N–H and O–H groups in total. The van der Waals surface area contributed by atoms with Crippen molar-refractivity contribution < 1.29 is 9.47 Å². The Hall–Kier alpha value is -0.120. The van der Waals surface area contributed by atoms with Crippen LogP contribution in [0.25, 0.3) is 0 Å². The number of hydrogen-bond acceptors (Lipinski definition) is 3. The summed E-state index contributed by atoms with van der Waals surface area (Å²) in [6.45, 7) is 2.58.